The second-order valence-electron chi connectivity index (χ2n) is 7.24. The van der Waals surface area contributed by atoms with Gasteiger partial charge in [0.2, 0.25) is 0 Å². The molecule has 2 aromatic carbocycles. The fourth-order valence-electron chi connectivity index (χ4n) is 3.56. The number of nitrogens with zero attached hydrogens (tertiary/aromatic N) is 1. The predicted octanol–water partition coefficient (Wildman–Crippen LogP) is 3.44. The Hall–Kier alpha value is -2.28. The number of aryl methyl sites for hydroxylation is 1. The molecule has 0 fully saturated rings. The van der Waals surface area contributed by atoms with Gasteiger partial charge >= 0.3 is 0 Å². The van der Waals surface area contributed by atoms with Crippen LogP contribution in [0, 0.1) is 11.6 Å². The lowest BCUT2D eigenvalue weighted by molar-refractivity contribution is 0.469. The number of hydrogen-bond acceptors (Lipinski definition) is 4. The van der Waals surface area contributed by atoms with Crippen LogP contribution in [0.5, 0.6) is 0 Å². The Labute approximate surface area is 158 Å². The highest BCUT2D eigenvalue weighted by Gasteiger charge is 2.53. The van der Waals surface area contributed by atoms with Gasteiger partial charge in [-0.1, -0.05) is 37.3 Å². The second kappa shape index (κ2) is 6.41. The minimum atomic E-state index is -3.85. The molecule has 3 rings (SSSR count). The maximum atomic E-state index is 14.3. The molecule has 2 N–H and O–H groups in total. The molecule has 0 aliphatic carbocycles. The van der Waals surface area contributed by atoms with E-state index in [9.17, 15) is 17.2 Å². The van der Waals surface area contributed by atoms with Gasteiger partial charge in [0.1, 0.15) is 23.0 Å². The first-order chi connectivity index (χ1) is 12.5. The van der Waals surface area contributed by atoms with Crippen LogP contribution in [0.3, 0.4) is 0 Å². The lowest BCUT2D eigenvalue weighted by Gasteiger charge is -2.40. The van der Waals surface area contributed by atoms with Crippen LogP contribution < -0.4 is 5.73 Å². The van der Waals surface area contributed by atoms with Crippen molar-refractivity contribution in [3.8, 4) is 0 Å². The minimum absolute atomic E-state index is 0.000200. The maximum Gasteiger partial charge on any atom is 0.169 e. The van der Waals surface area contributed by atoms with Crippen molar-refractivity contribution >= 4 is 15.7 Å². The molecule has 0 aromatic heterocycles. The van der Waals surface area contributed by atoms with Crippen molar-refractivity contribution in [2.24, 2.45) is 10.7 Å². The van der Waals surface area contributed by atoms with Gasteiger partial charge in [-0.3, -0.25) is 4.99 Å². The first kappa shape index (κ1) is 19.5. The first-order valence-corrected chi connectivity index (χ1v) is 10.3. The molecular formula is C20H22F2N2O2S. The van der Waals surface area contributed by atoms with Gasteiger partial charge in [-0.2, -0.15) is 0 Å². The largest absolute Gasteiger partial charge is 0.386 e. The van der Waals surface area contributed by atoms with Crippen molar-refractivity contribution in [3.63, 3.8) is 0 Å². The van der Waals surface area contributed by atoms with Crippen molar-refractivity contribution in [1.82, 2.24) is 0 Å². The zero-order valence-corrected chi connectivity index (χ0v) is 16.3. The van der Waals surface area contributed by atoms with Gasteiger partial charge in [-0.25, -0.2) is 17.2 Å². The van der Waals surface area contributed by atoms with E-state index < -0.39 is 37.5 Å². The summed E-state index contributed by atoms with van der Waals surface area (Å²) in [6.45, 7) is 4.99. The predicted molar refractivity (Wildman–Crippen MR) is 102 cm³/mol. The summed E-state index contributed by atoms with van der Waals surface area (Å²) in [5.41, 5.74) is 6.26. The van der Waals surface area contributed by atoms with Gasteiger partial charge in [0.05, 0.1) is 5.75 Å². The third-order valence-electron chi connectivity index (χ3n) is 5.35. The zero-order valence-electron chi connectivity index (χ0n) is 15.5. The van der Waals surface area contributed by atoms with Gasteiger partial charge in [0.15, 0.2) is 14.6 Å². The molecule has 0 unspecified atom stereocenters. The highest BCUT2D eigenvalue weighted by atomic mass is 32.2. The molecule has 144 valence electrons. The summed E-state index contributed by atoms with van der Waals surface area (Å²) >= 11 is 0. The second-order valence-corrected chi connectivity index (χ2v) is 9.58. The fourth-order valence-corrected chi connectivity index (χ4v) is 5.66. The molecule has 1 aliphatic heterocycles. The topological polar surface area (TPSA) is 72.5 Å². The number of nitrogens with two attached hydrogens (primary N) is 1. The van der Waals surface area contributed by atoms with Crippen molar-refractivity contribution in [2.75, 3.05) is 5.75 Å². The number of amidine groups is 1. The summed E-state index contributed by atoms with van der Waals surface area (Å²) in [7, 11) is -3.85. The van der Waals surface area contributed by atoms with E-state index in [1.807, 2.05) is 13.0 Å². The Morgan fingerprint density at radius 2 is 1.85 bits per heavy atom. The smallest absolute Gasteiger partial charge is 0.169 e. The fraction of sp³-hybridized carbons (Fsp3) is 0.350. The van der Waals surface area contributed by atoms with E-state index in [2.05, 4.69) is 4.99 Å². The zero-order chi connectivity index (χ0) is 20.0. The quantitative estimate of drug-likeness (QED) is 0.870. The van der Waals surface area contributed by atoms with Crippen LogP contribution in [0.1, 0.15) is 37.5 Å². The van der Waals surface area contributed by atoms with Crippen LogP contribution in [0.2, 0.25) is 0 Å². The molecule has 0 amide bonds. The Morgan fingerprint density at radius 3 is 2.44 bits per heavy atom. The Morgan fingerprint density at radius 1 is 1.15 bits per heavy atom. The monoisotopic (exact) mass is 392 g/mol. The number of benzene rings is 2. The summed E-state index contributed by atoms with van der Waals surface area (Å²) in [6.07, 6.45) is 0.750. The lowest BCUT2D eigenvalue weighted by Crippen LogP contribution is -2.54. The lowest BCUT2D eigenvalue weighted by atomic mass is 9.91. The minimum Gasteiger partial charge on any atom is -0.386 e. The molecule has 7 heteroatoms. The number of aliphatic imine (C=N–C) groups is 1. The standard InChI is InChI=1S/C20H22F2N2O2S/c1-4-13-6-5-7-14(10-13)20(3)18(23)24-19(2,12-27(20,25)26)16-9-8-15(21)11-17(16)22/h5-11H,4,12H2,1-3H3,(H2,23,24)/t19-,20-/m0/s1. The highest BCUT2D eigenvalue weighted by molar-refractivity contribution is 7.93. The van der Waals surface area contributed by atoms with Crippen molar-refractivity contribution < 1.29 is 17.2 Å². The van der Waals surface area contributed by atoms with E-state index >= 15 is 0 Å². The molecule has 0 saturated heterocycles. The molecule has 0 saturated carbocycles. The Balaban J connectivity index is 2.20. The van der Waals surface area contributed by atoms with E-state index in [1.165, 1.54) is 19.9 Å². The molecular weight excluding hydrogens is 370 g/mol. The van der Waals surface area contributed by atoms with E-state index in [0.717, 1.165) is 24.1 Å². The van der Waals surface area contributed by atoms with Crippen LogP contribution in [-0.4, -0.2) is 20.0 Å². The first-order valence-electron chi connectivity index (χ1n) is 8.66. The van der Waals surface area contributed by atoms with Crippen LogP contribution in [0.4, 0.5) is 8.78 Å². The van der Waals surface area contributed by atoms with E-state index in [1.54, 1.807) is 18.2 Å². The number of rotatable bonds is 3. The summed E-state index contributed by atoms with van der Waals surface area (Å²) in [5, 5.41) is 0. The molecule has 2 aromatic rings. The van der Waals surface area contributed by atoms with Gasteiger partial charge in [-0.05, 0) is 37.5 Å². The molecule has 4 nitrogen and oxygen atoms in total. The number of halogens is 2. The number of sulfone groups is 1. The summed E-state index contributed by atoms with van der Waals surface area (Å²) in [6, 6.07) is 10.2. The third-order valence-corrected chi connectivity index (χ3v) is 7.98. The van der Waals surface area contributed by atoms with Crippen molar-refractivity contribution in [1.29, 1.82) is 0 Å². The van der Waals surface area contributed by atoms with E-state index in [0.29, 0.717) is 5.56 Å². The summed E-state index contributed by atoms with van der Waals surface area (Å²) in [5.74, 6) is -2.12. The average molecular weight is 392 g/mol. The molecule has 2 atom stereocenters. The average Bonchev–Trinajstić information content (AvgIpc) is 2.58. The van der Waals surface area contributed by atoms with Gasteiger partial charge in [0, 0.05) is 11.6 Å². The van der Waals surface area contributed by atoms with Gasteiger partial charge in [0.25, 0.3) is 0 Å². The van der Waals surface area contributed by atoms with Crippen LogP contribution in [0.15, 0.2) is 47.5 Å². The van der Waals surface area contributed by atoms with E-state index in [4.69, 9.17) is 5.73 Å². The highest BCUT2D eigenvalue weighted by Crippen LogP contribution is 2.42. The molecule has 27 heavy (non-hydrogen) atoms. The summed E-state index contributed by atoms with van der Waals surface area (Å²) in [4.78, 5) is 4.41. The van der Waals surface area contributed by atoms with Crippen molar-refractivity contribution in [2.45, 2.75) is 37.5 Å². The van der Waals surface area contributed by atoms with Crippen LogP contribution in [0.25, 0.3) is 0 Å². The van der Waals surface area contributed by atoms with Crippen LogP contribution >= 0.6 is 0 Å². The SMILES string of the molecule is CCc1cccc([C@@]2(C)C(N)=N[C@](C)(c3ccc(F)cc3F)CS2(=O)=O)c1. The molecule has 0 bridgehead atoms. The Bertz CT molecular complexity index is 1040. The van der Waals surface area contributed by atoms with E-state index in [-0.39, 0.29) is 11.4 Å². The van der Waals surface area contributed by atoms with Crippen LogP contribution in [-0.2, 0) is 26.5 Å². The van der Waals surface area contributed by atoms with Gasteiger partial charge in [-0.15, -0.1) is 0 Å². The molecule has 1 heterocycles. The normalized spacial score (nSPS) is 27.2. The molecule has 1 aliphatic rings. The molecule has 0 spiro atoms. The molecule has 0 radical (unpaired) electrons. The number of hydrogen-bond donors (Lipinski definition) is 1. The van der Waals surface area contributed by atoms with Crippen molar-refractivity contribution in [3.05, 3.63) is 70.8 Å². The Kier molecular flexibility index (Phi) is 4.62. The van der Waals surface area contributed by atoms with Gasteiger partial charge < -0.3 is 5.73 Å². The third kappa shape index (κ3) is 3.04. The maximum absolute atomic E-state index is 14.3. The summed E-state index contributed by atoms with van der Waals surface area (Å²) < 4.78 is 52.7.